The highest BCUT2D eigenvalue weighted by molar-refractivity contribution is 6.30. The Hall–Kier alpha value is -3.19. The molecule has 1 unspecified atom stereocenters. The van der Waals surface area contributed by atoms with Crippen LogP contribution in [0, 0.1) is 12.7 Å². The molecule has 6 nitrogen and oxygen atoms in total. The molecule has 29 heavy (non-hydrogen) atoms. The molecule has 0 radical (unpaired) electrons. The molecule has 148 valence electrons. The summed E-state index contributed by atoms with van der Waals surface area (Å²) in [6, 6.07) is 5.17. The Balaban J connectivity index is 2.17. The molecule has 1 N–H and O–H groups in total. The number of ketones is 1. The number of aromatic hydroxyl groups is 1. The van der Waals surface area contributed by atoms with E-state index in [2.05, 4.69) is 0 Å². The van der Waals surface area contributed by atoms with E-state index in [-0.39, 0.29) is 39.3 Å². The number of halogens is 2. The highest BCUT2D eigenvalue weighted by atomic mass is 35.5. The second-order valence-electron chi connectivity index (χ2n) is 6.88. The van der Waals surface area contributed by atoms with Crippen LogP contribution in [0.2, 0.25) is 5.02 Å². The number of phenols is 1. The molecule has 0 saturated carbocycles. The van der Waals surface area contributed by atoms with Gasteiger partial charge in [0.1, 0.15) is 22.7 Å². The number of fused-ring (bicyclic) bond motifs is 3. The van der Waals surface area contributed by atoms with E-state index < -0.39 is 34.9 Å². The largest absolute Gasteiger partial charge is 0.506 e. The van der Waals surface area contributed by atoms with E-state index in [1.165, 1.54) is 25.1 Å². The van der Waals surface area contributed by atoms with E-state index in [4.69, 9.17) is 20.8 Å². The maximum Gasteiger partial charge on any atom is 0.336 e. The summed E-state index contributed by atoms with van der Waals surface area (Å²) in [4.78, 5) is 36.6. The number of esters is 1. The lowest BCUT2D eigenvalue weighted by atomic mass is 9.83. The van der Waals surface area contributed by atoms with E-state index in [0.717, 1.165) is 6.07 Å². The van der Waals surface area contributed by atoms with E-state index >= 15 is 0 Å². The van der Waals surface area contributed by atoms with E-state index in [0.29, 0.717) is 11.1 Å². The maximum atomic E-state index is 13.7. The minimum atomic E-state index is -0.726. The van der Waals surface area contributed by atoms with Gasteiger partial charge in [-0.1, -0.05) is 17.7 Å². The van der Waals surface area contributed by atoms with Crippen molar-refractivity contribution in [2.45, 2.75) is 26.2 Å². The van der Waals surface area contributed by atoms with Gasteiger partial charge < -0.3 is 14.3 Å². The number of rotatable bonds is 2. The van der Waals surface area contributed by atoms with Crippen LogP contribution in [0.1, 0.15) is 46.3 Å². The third kappa shape index (κ3) is 2.98. The first kappa shape index (κ1) is 19.1. The molecular formula is C21H14ClFO6. The number of carbonyl (C=O) groups is 2. The van der Waals surface area contributed by atoms with Crippen LogP contribution in [-0.4, -0.2) is 16.9 Å². The lowest BCUT2D eigenvalue weighted by Gasteiger charge is -2.28. The molecule has 2 aromatic carbocycles. The monoisotopic (exact) mass is 416 g/mol. The van der Waals surface area contributed by atoms with Crippen LogP contribution in [0.5, 0.6) is 11.5 Å². The second-order valence-corrected chi connectivity index (χ2v) is 7.29. The van der Waals surface area contributed by atoms with Gasteiger partial charge in [0.2, 0.25) is 0 Å². The summed E-state index contributed by atoms with van der Waals surface area (Å²) in [5.74, 6) is -3.14. The fourth-order valence-electron chi connectivity index (χ4n) is 3.75. The number of carbonyl (C=O) groups excluding carboxylic acids is 2. The molecule has 0 fully saturated rings. The molecule has 0 saturated heterocycles. The maximum absolute atomic E-state index is 13.7. The number of benzene rings is 2. The van der Waals surface area contributed by atoms with Gasteiger partial charge in [-0.3, -0.25) is 9.59 Å². The number of hydrogen-bond acceptors (Lipinski definition) is 6. The number of hydrogen-bond donors (Lipinski definition) is 1. The van der Waals surface area contributed by atoms with E-state index in [1.54, 1.807) is 6.92 Å². The predicted octanol–water partition coefficient (Wildman–Crippen LogP) is 4.24. The first-order chi connectivity index (χ1) is 13.7. The van der Waals surface area contributed by atoms with Gasteiger partial charge in [-0.15, -0.1) is 0 Å². The lowest BCUT2D eigenvalue weighted by Crippen LogP contribution is -2.23. The fourth-order valence-corrected chi connectivity index (χ4v) is 3.94. The van der Waals surface area contributed by atoms with Gasteiger partial charge >= 0.3 is 11.6 Å². The highest BCUT2D eigenvalue weighted by Crippen LogP contribution is 2.49. The van der Waals surface area contributed by atoms with Crippen molar-refractivity contribution in [2.75, 3.05) is 0 Å². The molecule has 1 aromatic heterocycles. The molecule has 2 heterocycles. The zero-order valence-electron chi connectivity index (χ0n) is 15.3. The van der Waals surface area contributed by atoms with Gasteiger partial charge in [0.25, 0.3) is 0 Å². The summed E-state index contributed by atoms with van der Waals surface area (Å²) in [6.45, 7) is 2.82. The minimum Gasteiger partial charge on any atom is -0.506 e. The summed E-state index contributed by atoms with van der Waals surface area (Å²) in [7, 11) is 0. The van der Waals surface area contributed by atoms with Gasteiger partial charge in [0.05, 0.1) is 16.8 Å². The standard InChI is InChI=1S/C21H14ClFO6/c1-8-5-14(25)28-20-16(8)19(27)17(9(2)24)21-18(20)11(7-15(26)29-21)10-3-4-13(23)12(22)6-10/h3-6,11,27H,7H2,1-2H3. The van der Waals surface area contributed by atoms with Crippen LogP contribution in [0.3, 0.4) is 0 Å². The Morgan fingerprint density at radius 3 is 2.66 bits per heavy atom. The first-order valence-corrected chi connectivity index (χ1v) is 9.06. The normalized spacial score (nSPS) is 15.9. The van der Waals surface area contributed by atoms with Crippen LogP contribution in [-0.2, 0) is 4.79 Å². The average molecular weight is 417 g/mol. The molecule has 1 aliphatic heterocycles. The van der Waals surface area contributed by atoms with Crippen LogP contribution >= 0.6 is 11.6 Å². The molecule has 0 aliphatic carbocycles. The molecule has 0 amide bonds. The Bertz CT molecular complexity index is 1280. The van der Waals surface area contributed by atoms with Gasteiger partial charge in [-0.2, -0.15) is 0 Å². The summed E-state index contributed by atoms with van der Waals surface area (Å²) in [6.07, 6.45) is -0.149. The number of aryl methyl sites for hydroxylation is 1. The Morgan fingerprint density at radius 1 is 1.28 bits per heavy atom. The molecule has 3 aromatic rings. The molecule has 4 rings (SSSR count). The summed E-state index contributed by atoms with van der Waals surface area (Å²) in [5.41, 5.74) is 0.277. The zero-order chi connectivity index (χ0) is 21.0. The van der Waals surface area contributed by atoms with Gasteiger partial charge in [-0.25, -0.2) is 9.18 Å². The van der Waals surface area contributed by atoms with Crippen LogP contribution in [0.25, 0.3) is 11.0 Å². The minimum absolute atomic E-state index is 0.00504. The highest BCUT2D eigenvalue weighted by Gasteiger charge is 2.37. The Labute approximate surface area is 168 Å². The van der Waals surface area contributed by atoms with Crippen molar-refractivity contribution in [3.63, 3.8) is 0 Å². The van der Waals surface area contributed by atoms with Crippen molar-refractivity contribution in [1.82, 2.24) is 0 Å². The van der Waals surface area contributed by atoms with Gasteiger partial charge in [0.15, 0.2) is 11.5 Å². The van der Waals surface area contributed by atoms with Crippen molar-refractivity contribution >= 4 is 34.3 Å². The summed E-state index contributed by atoms with van der Waals surface area (Å²) < 4.78 is 24.3. The summed E-state index contributed by atoms with van der Waals surface area (Å²) in [5, 5.41) is 10.8. The van der Waals surface area contributed by atoms with Crippen LogP contribution in [0.15, 0.2) is 33.5 Å². The Morgan fingerprint density at radius 2 is 2.00 bits per heavy atom. The topological polar surface area (TPSA) is 93.8 Å². The number of ether oxygens (including phenoxy) is 1. The first-order valence-electron chi connectivity index (χ1n) is 8.68. The molecule has 1 aliphatic rings. The molecule has 1 atom stereocenters. The summed E-state index contributed by atoms with van der Waals surface area (Å²) >= 11 is 5.91. The predicted molar refractivity (Wildman–Crippen MR) is 102 cm³/mol. The third-order valence-corrected chi connectivity index (χ3v) is 5.27. The van der Waals surface area contributed by atoms with Crippen molar-refractivity contribution in [2.24, 2.45) is 0 Å². The zero-order valence-corrected chi connectivity index (χ0v) is 16.1. The third-order valence-electron chi connectivity index (χ3n) is 4.98. The van der Waals surface area contributed by atoms with Crippen molar-refractivity contribution in [1.29, 1.82) is 0 Å². The van der Waals surface area contributed by atoms with Gasteiger partial charge in [-0.05, 0) is 37.1 Å². The lowest BCUT2D eigenvalue weighted by molar-refractivity contribution is -0.135. The SMILES string of the molecule is CC(=O)c1c2c(c3oc(=O)cc(C)c3c1O)C(c1ccc(F)c(Cl)c1)CC(=O)O2. The van der Waals surface area contributed by atoms with E-state index in [9.17, 15) is 23.9 Å². The quantitative estimate of drug-likeness (QED) is 0.290. The van der Waals surface area contributed by atoms with Crippen molar-refractivity contribution < 1.29 is 28.2 Å². The molecule has 0 bridgehead atoms. The van der Waals surface area contributed by atoms with Crippen LogP contribution in [0.4, 0.5) is 4.39 Å². The van der Waals surface area contributed by atoms with E-state index in [1.807, 2.05) is 0 Å². The van der Waals surface area contributed by atoms with Crippen molar-refractivity contribution in [3.05, 3.63) is 67.8 Å². The fraction of sp³-hybridized carbons (Fsp3) is 0.190. The molecule has 8 heteroatoms. The van der Waals surface area contributed by atoms with Gasteiger partial charge in [0, 0.05) is 17.5 Å². The van der Waals surface area contributed by atoms with Crippen LogP contribution < -0.4 is 10.4 Å². The number of phenolic OH excluding ortho intramolecular Hbond substituents is 1. The average Bonchev–Trinajstić information content (AvgIpc) is 2.62. The molecular weight excluding hydrogens is 403 g/mol. The number of Topliss-reactive ketones (excluding diaryl/α,β-unsaturated/α-hetero) is 1. The van der Waals surface area contributed by atoms with Crippen molar-refractivity contribution in [3.8, 4) is 11.5 Å². The smallest absolute Gasteiger partial charge is 0.336 e. The Kier molecular flexibility index (Phi) is 4.42. The molecule has 0 spiro atoms. The second kappa shape index (κ2) is 6.70.